The molecule has 0 spiro atoms. The number of benzene rings is 1. The molecule has 1 amide bonds. The molecule has 1 aromatic rings. The Morgan fingerprint density at radius 2 is 1.90 bits per heavy atom. The number of aryl methyl sites for hydroxylation is 1. The van der Waals surface area contributed by atoms with Gasteiger partial charge in [-0.2, -0.15) is 0 Å². The molecular weight excluding hydrogens is 264 g/mol. The molecular formula is C17H28N2O2. The maximum absolute atomic E-state index is 12.1. The molecule has 0 fully saturated rings. The van der Waals surface area contributed by atoms with Crippen LogP contribution >= 0.6 is 0 Å². The highest BCUT2D eigenvalue weighted by Crippen LogP contribution is 2.19. The Kier molecular flexibility index (Phi) is 6.85. The largest absolute Gasteiger partial charge is 0.385 e. The van der Waals surface area contributed by atoms with E-state index in [1.54, 1.807) is 7.11 Å². The van der Waals surface area contributed by atoms with Gasteiger partial charge in [-0.3, -0.25) is 4.79 Å². The van der Waals surface area contributed by atoms with Crippen molar-refractivity contribution in [3.8, 4) is 0 Å². The first-order valence-corrected chi connectivity index (χ1v) is 7.44. The van der Waals surface area contributed by atoms with Gasteiger partial charge in [0.2, 0.25) is 5.91 Å². The number of carbonyl (C=O) groups is 1. The lowest BCUT2D eigenvalue weighted by Crippen LogP contribution is -2.42. The van der Waals surface area contributed by atoms with Crippen molar-refractivity contribution < 1.29 is 9.53 Å². The van der Waals surface area contributed by atoms with Crippen molar-refractivity contribution in [2.45, 2.75) is 40.2 Å². The summed E-state index contributed by atoms with van der Waals surface area (Å²) in [6.45, 7) is 9.76. The summed E-state index contributed by atoms with van der Waals surface area (Å²) in [6, 6.07) is 7.58. The molecule has 0 heterocycles. The lowest BCUT2D eigenvalue weighted by atomic mass is 9.89. The molecule has 0 aromatic heterocycles. The molecule has 0 aliphatic heterocycles. The first-order chi connectivity index (χ1) is 9.84. The minimum Gasteiger partial charge on any atom is -0.385 e. The molecule has 1 atom stereocenters. The van der Waals surface area contributed by atoms with Crippen molar-refractivity contribution in [2.75, 3.05) is 25.6 Å². The SMILES string of the molecule is COCCC(C)(C)CNC(C)C(=O)Nc1ccc(C)cc1. The highest BCUT2D eigenvalue weighted by Gasteiger charge is 2.20. The third kappa shape index (κ3) is 6.74. The summed E-state index contributed by atoms with van der Waals surface area (Å²) in [5, 5.41) is 6.22. The predicted octanol–water partition coefficient (Wildman–Crippen LogP) is 2.97. The zero-order chi connectivity index (χ0) is 15.9. The second kappa shape index (κ2) is 8.15. The van der Waals surface area contributed by atoms with E-state index in [4.69, 9.17) is 4.74 Å². The van der Waals surface area contributed by atoms with Crippen LogP contribution in [-0.2, 0) is 9.53 Å². The van der Waals surface area contributed by atoms with Gasteiger partial charge in [-0.05, 0) is 37.8 Å². The van der Waals surface area contributed by atoms with Gasteiger partial charge in [0.05, 0.1) is 6.04 Å². The summed E-state index contributed by atoms with van der Waals surface area (Å²) >= 11 is 0. The second-order valence-electron chi connectivity index (χ2n) is 6.36. The van der Waals surface area contributed by atoms with Crippen LogP contribution in [0.3, 0.4) is 0 Å². The molecule has 1 aromatic carbocycles. The van der Waals surface area contributed by atoms with E-state index >= 15 is 0 Å². The summed E-state index contributed by atoms with van der Waals surface area (Å²) in [5.41, 5.74) is 2.12. The van der Waals surface area contributed by atoms with E-state index in [0.717, 1.165) is 25.3 Å². The van der Waals surface area contributed by atoms with Gasteiger partial charge in [-0.1, -0.05) is 31.5 Å². The van der Waals surface area contributed by atoms with Gasteiger partial charge in [0.1, 0.15) is 0 Å². The fourth-order valence-electron chi connectivity index (χ4n) is 1.88. The molecule has 0 aliphatic rings. The van der Waals surface area contributed by atoms with E-state index in [1.165, 1.54) is 5.56 Å². The lowest BCUT2D eigenvalue weighted by molar-refractivity contribution is -0.117. The maximum Gasteiger partial charge on any atom is 0.241 e. The number of rotatable bonds is 8. The van der Waals surface area contributed by atoms with Crippen LogP contribution in [0.25, 0.3) is 0 Å². The van der Waals surface area contributed by atoms with Gasteiger partial charge in [0.25, 0.3) is 0 Å². The van der Waals surface area contributed by atoms with Crippen LogP contribution in [0.2, 0.25) is 0 Å². The third-order valence-electron chi connectivity index (χ3n) is 3.58. The zero-order valence-electron chi connectivity index (χ0n) is 13.8. The topological polar surface area (TPSA) is 50.4 Å². The van der Waals surface area contributed by atoms with E-state index in [1.807, 2.05) is 38.1 Å². The van der Waals surface area contributed by atoms with Crippen LogP contribution in [0.5, 0.6) is 0 Å². The van der Waals surface area contributed by atoms with Crippen molar-refractivity contribution in [3.05, 3.63) is 29.8 Å². The molecule has 0 aliphatic carbocycles. The van der Waals surface area contributed by atoms with Crippen LogP contribution < -0.4 is 10.6 Å². The fraction of sp³-hybridized carbons (Fsp3) is 0.588. The normalized spacial score (nSPS) is 13.0. The molecule has 0 radical (unpaired) electrons. The van der Waals surface area contributed by atoms with Crippen molar-refractivity contribution in [1.29, 1.82) is 0 Å². The van der Waals surface area contributed by atoms with Gasteiger partial charge in [0.15, 0.2) is 0 Å². The molecule has 2 N–H and O–H groups in total. The van der Waals surface area contributed by atoms with Crippen molar-refractivity contribution in [3.63, 3.8) is 0 Å². The van der Waals surface area contributed by atoms with Gasteiger partial charge >= 0.3 is 0 Å². The van der Waals surface area contributed by atoms with Gasteiger partial charge in [-0.25, -0.2) is 0 Å². The molecule has 1 rings (SSSR count). The van der Waals surface area contributed by atoms with E-state index in [0.29, 0.717) is 0 Å². The van der Waals surface area contributed by atoms with Crippen molar-refractivity contribution in [1.82, 2.24) is 5.32 Å². The maximum atomic E-state index is 12.1. The number of hydrogen-bond acceptors (Lipinski definition) is 3. The number of nitrogens with one attached hydrogen (secondary N) is 2. The number of methoxy groups -OCH3 is 1. The smallest absolute Gasteiger partial charge is 0.241 e. The van der Waals surface area contributed by atoms with E-state index in [-0.39, 0.29) is 17.4 Å². The summed E-state index contributed by atoms with van der Waals surface area (Å²) in [5.74, 6) is -0.0126. The summed E-state index contributed by atoms with van der Waals surface area (Å²) in [6.07, 6.45) is 0.961. The third-order valence-corrected chi connectivity index (χ3v) is 3.58. The van der Waals surface area contributed by atoms with E-state index < -0.39 is 0 Å². The Bertz CT molecular complexity index is 441. The predicted molar refractivity (Wildman–Crippen MR) is 87.5 cm³/mol. The van der Waals surface area contributed by atoms with Crippen LogP contribution in [0.15, 0.2) is 24.3 Å². The zero-order valence-corrected chi connectivity index (χ0v) is 13.8. The first kappa shape index (κ1) is 17.7. The van der Waals surface area contributed by atoms with Gasteiger partial charge < -0.3 is 15.4 Å². The Labute approximate surface area is 128 Å². The molecule has 0 saturated carbocycles. The van der Waals surface area contributed by atoms with E-state index in [9.17, 15) is 4.79 Å². The highest BCUT2D eigenvalue weighted by molar-refractivity contribution is 5.94. The summed E-state index contributed by atoms with van der Waals surface area (Å²) in [4.78, 5) is 12.1. The van der Waals surface area contributed by atoms with Gasteiger partial charge in [-0.15, -0.1) is 0 Å². The Morgan fingerprint density at radius 3 is 2.48 bits per heavy atom. The average molecular weight is 292 g/mol. The first-order valence-electron chi connectivity index (χ1n) is 7.44. The van der Waals surface area contributed by atoms with Crippen molar-refractivity contribution in [2.24, 2.45) is 5.41 Å². The lowest BCUT2D eigenvalue weighted by Gasteiger charge is -2.26. The Morgan fingerprint density at radius 1 is 1.29 bits per heavy atom. The van der Waals surface area contributed by atoms with Crippen LogP contribution in [-0.4, -0.2) is 32.2 Å². The van der Waals surface area contributed by atoms with Crippen LogP contribution in [0.1, 0.15) is 32.8 Å². The summed E-state index contributed by atoms with van der Waals surface area (Å²) in [7, 11) is 1.71. The molecule has 0 saturated heterocycles. The number of amides is 1. The number of anilines is 1. The van der Waals surface area contributed by atoms with Crippen LogP contribution in [0.4, 0.5) is 5.69 Å². The fourth-order valence-corrected chi connectivity index (χ4v) is 1.88. The summed E-state index contributed by atoms with van der Waals surface area (Å²) < 4.78 is 5.11. The Hall–Kier alpha value is -1.39. The molecule has 21 heavy (non-hydrogen) atoms. The molecule has 118 valence electrons. The molecule has 1 unspecified atom stereocenters. The number of carbonyl (C=O) groups excluding carboxylic acids is 1. The number of ether oxygens (including phenoxy) is 1. The molecule has 4 nitrogen and oxygen atoms in total. The second-order valence-corrected chi connectivity index (χ2v) is 6.36. The molecule has 0 bridgehead atoms. The van der Waals surface area contributed by atoms with Crippen molar-refractivity contribution >= 4 is 11.6 Å². The van der Waals surface area contributed by atoms with Crippen LogP contribution in [0, 0.1) is 12.3 Å². The highest BCUT2D eigenvalue weighted by atomic mass is 16.5. The minimum absolute atomic E-state index is 0.0126. The standard InChI is InChI=1S/C17H28N2O2/c1-13-6-8-15(9-7-13)19-16(20)14(2)18-12-17(3,4)10-11-21-5/h6-9,14,18H,10-12H2,1-5H3,(H,19,20). The minimum atomic E-state index is -0.229. The monoisotopic (exact) mass is 292 g/mol. The number of hydrogen-bond donors (Lipinski definition) is 2. The molecule has 4 heteroatoms. The average Bonchev–Trinajstić information content (AvgIpc) is 2.45. The van der Waals surface area contributed by atoms with Gasteiger partial charge in [0, 0.05) is 25.9 Å². The Balaban J connectivity index is 2.42. The quantitative estimate of drug-likeness (QED) is 0.774. The van der Waals surface area contributed by atoms with E-state index in [2.05, 4.69) is 24.5 Å².